The van der Waals surface area contributed by atoms with Gasteiger partial charge in [0, 0.05) is 24.5 Å². The van der Waals surface area contributed by atoms with Gasteiger partial charge in [-0.2, -0.15) is 0 Å². The van der Waals surface area contributed by atoms with Crippen LogP contribution < -0.4 is 22.1 Å². The molecular formula is C32H38N4O. The number of rotatable bonds is 14. The van der Waals surface area contributed by atoms with Gasteiger partial charge in [0.1, 0.15) is 0 Å². The van der Waals surface area contributed by atoms with Crippen molar-refractivity contribution in [2.45, 2.75) is 25.0 Å². The summed E-state index contributed by atoms with van der Waals surface area (Å²) in [4.78, 5) is 0. The lowest BCUT2D eigenvalue weighted by molar-refractivity contribution is -0.0137. The first-order chi connectivity index (χ1) is 18.2. The molecule has 0 fully saturated rings. The molecule has 5 nitrogen and oxygen atoms in total. The Morgan fingerprint density at radius 3 is 1.27 bits per heavy atom. The van der Waals surface area contributed by atoms with Crippen LogP contribution in [0.2, 0.25) is 0 Å². The standard InChI is InChI=1S/C32H38N4O/c33-29-15-11-25(12-16-29)19-21-35-23-31(27-7-3-1-4-8-27)37-32(28-9-5-2-6-10-28)24-36-22-20-26-13-17-30(34)18-14-26/h1-18,31-32,35-36H,19-24,33-34H2/t31-,32?/m0/s1. The Labute approximate surface area is 220 Å². The number of nitrogen functional groups attached to an aromatic ring is 2. The molecule has 0 aliphatic carbocycles. The number of nitrogens with two attached hydrogens (primary N) is 2. The molecule has 0 spiro atoms. The molecule has 4 rings (SSSR count). The molecule has 6 N–H and O–H groups in total. The third-order valence-electron chi connectivity index (χ3n) is 6.47. The lowest BCUT2D eigenvalue weighted by Crippen LogP contribution is -2.30. The van der Waals surface area contributed by atoms with E-state index in [0.717, 1.165) is 50.4 Å². The van der Waals surface area contributed by atoms with Crippen molar-refractivity contribution in [1.82, 2.24) is 10.6 Å². The van der Waals surface area contributed by atoms with E-state index in [9.17, 15) is 0 Å². The van der Waals surface area contributed by atoms with Gasteiger partial charge in [0.05, 0.1) is 12.2 Å². The SMILES string of the molecule is Nc1ccc(CCNCC(O[C@@H](CNCCc2ccc(N)cc2)c2ccccc2)c2ccccc2)cc1. The van der Waals surface area contributed by atoms with Crippen molar-refractivity contribution in [2.24, 2.45) is 0 Å². The van der Waals surface area contributed by atoms with Crippen LogP contribution in [0.1, 0.15) is 34.5 Å². The molecule has 4 aromatic carbocycles. The summed E-state index contributed by atoms with van der Waals surface area (Å²) in [5.41, 5.74) is 18.1. The van der Waals surface area contributed by atoms with Crippen LogP contribution in [0.5, 0.6) is 0 Å². The minimum absolute atomic E-state index is 0.0725. The van der Waals surface area contributed by atoms with E-state index in [0.29, 0.717) is 0 Å². The Morgan fingerprint density at radius 2 is 0.892 bits per heavy atom. The van der Waals surface area contributed by atoms with Gasteiger partial charge in [-0.15, -0.1) is 0 Å². The monoisotopic (exact) mass is 494 g/mol. The third kappa shape index (κ3) is 8.76. The second-order valence-corrected chi connectivity index (χ2v) is 9.33. The van der Waals surface area contributed by atoms with Crippen molar-refractivity contribution in [2.75, 3.05) is 37.6 Å². The second-order valence-electron chi connectivity index (χ2n) is 9.33. The van der Waals surface area contributed by atoms with Crippen molar-refractivity contribution in [3.8, 4) is 0 Å². The molecule has 0 aliphatic rings. The summed E-state index contributed by atoms with van der Waals surface area (Å²) in [5, 5.41) is 7.22. The van der Waals surface area contributed by atoms with E-state index < -0.39 is 0 Å². The van der Waals surface area contributed by atoms with Crippen LogP contribution in [0.15, 0.2) is 109 Å². The van der Waals surface area contributed by atoms with Crippen LogP contribution in [0.25, 0.3) is 0 Å². The Hall–Kier alpha value is -3.64. The number of nitrogens with one attached hydrogen (secondary N) is 2. The summed E-state index contributed by atoms with van der Waals surface area (Å²) in [6, 6.07) is 37.1. The summed E-state index contributed by atoms with van der Waals surface area (Å²) in [7, 11) is 0. The molecule has 2 atom stereocenters. The number of ether oxygens (including phenoxy) is 1. The maximum Gasteiger partial charge on any atom is 0.0958 e. The van der Waals surface area contributed by atoms with E-state index in [4.69, 9.17) is 16.2 Å². The molecular weight excluding hydrogens is 456 g/mol. The highest BCUT2D eigenvalue weighted by molar-refractivity contribution is 5.40. The highest BCUT2D eigenvalue weighted by Gasteiger charge is 2.20. The normalized spacial score (nSPS) is 12.8. The first-order valence-corrected chi connectivity index (χ1v) is 13.0. The zero-order valence-corrected chi connectivity index (χ0v) is 21.4. The average Bonchev–Trinajstić information content (AvgIpc) is 2.94. The molecule has 0 amide bonds. The Morgan fingerprint density at radius 1 is 0.514 bits per heavy atom. The van der Waals surface area contributed by atoms with E-state index >= 15 is 0 Å². The number of hydrogen-bond acceptors (Lipinski definition) is 5. The Balaban J connectivity index is 1.37. The third-order valence-corrected chi connectivity index (χ3v) is 6.47. The van der Waals surface area contributed by atoms with Crippen LogP contribution >= 0.6 is 0 Å². The van der Waals surface area contributed by atoms with Crippen molar-refractivity contribution in [3.63, 3.8) is 0 Å². The van der Waals surface area contributed by atoms with E-state index in [-0.39, 0.29) is 12.2 Å². The summed E-state index contributed by atoms with van der Waals surface area (Å²) in [6.45, 7) is 3.19. The van der Waals surface area contributed by atoms with Gasteiger partial charge in [-0.1, -0.05) is 84.9 Å². The lowest BCUT2D eigenvalue weighted by Gasteiger charge is -2.27. The van der Waals surface area contributed by atoms with Gasteiger partial charge in [-0.3, -0.25) is 0 Å². The average molecular weight is 495 g/mol. The van der Waals surface area contributed by atoms with Crippen LogP contribution in [0.3, 0.4) is 0 Å². The summed E-state index contributed by atoms with van der Waals surface area (Å²) in [5.74, 6) is 0. The molecule has 0 saturated heterocycles. The molecule has 0 bridgehead atoms. The molecule has 0 saturated carbocycles. The van der Waals surface area contributed by atoms with Gasteiger partial charge in [0.2, 0.25) is 0 Å². The van der Waals surface area contributed by atoms with E-state index in [1.54, 1.807) is 0 Å². The smallest absolute Gasteiger partial charge is 0.0958 e. The predicted molar refractivity (Wildman–Crippen MR) is 154 cm³/mol. The maximum atomic E-state index is 6.80. The summed E-state index contributed by atoms with van der Waals surface area (Å²) in [6.07, 6.45) is 1.74. The Kier molecular flexibility index (Phi) is 10.1. The maximum absolute atomic E-state index is 6.80. The number of anilines is 2. The quantitative estimate of drug-likeness (QED) is 0.141. The molecule has 192 valence electrons. The van der Waals surface area contributed by atoms with Crippen molar-refractivity contribution >= 4 is 11.4 Å². The van der Waals surface area contributed by atoms with Crippen LogP contribution in [-0.2, 0) is 17.6 Å². The molecule has 5 heteroatoms. The van der Waals surface area contributed by atoms with Gasteiger partial charge in [-0.05, 0) is 72.5 Å². The molecule has 4 aromatic rings. The van der Waals surface area contributed by atoms with Gasteiger partial charge < -0.3 is 26.8 Å². The molecule has 37 heavy (non-hydrogen) atoms. The topological polar surface area (TPSA) is 85.3 Å². The first kappa shape index (κ1) is 26.4. The van der Waals surface area contributed by atoms with Gasteiger partial charge in [-0.25, -0.2) is 0 Å². The van der Waals surface area contributed by atoms with E-state index in [1.807, 2.05) is 36.4 Å². The zero-order chi connectivity index (χ0) is 25.7. The van der Waals surface area contributed by atoms with Gasteiger partial charge >= 0.3 is 0 Å². The Bertz CT molecular complexity index is 1070. The van der Waals surface area contributed by atoms with Crippen molar-refractivity contribution in [3.05, 3.63) is 131 Å². The highest BCUT2D eigenvalue weighted by atomic mass is 16.5. The van der Waals surface area contributed by atoms with Gasteiger partial charge in [0.25, 0.3) is 0 Å². The molecule has 0 aliphatic heterocycles. The van der Waals surface area contributed by atoms with Crippen molar-refractivity contribution < 1.29 is 4.74 Å². The zero-order valence-electron chi connectivity index (χ0n) is 21.4. The van der Waals surface area contributed by atoms with E-state index in [2.05, 4.69) is 83.4 Å². The van der Waals surface area contributed by atoms with Crippen LogP contribution in [0.4, 0.5) is 11.4 Å². The highest BCUT2D eigenvalue weighted by Crippen LogP contribution is 2.26. The van der Waals surface area contributed by atoms with Gasteiger partial charge in [0.15, 0.2) is 0 Å². The largest absolute Gasteiger partial charge is 0.399 e. The molecule has 0 radical (unpaired) electrons. The first-order valence-electron chi connectivity index (χ1n) is 13.0. The fourth-order valence-corrected chi connectivity index (χ4v) is 4.32. The minimum atomic E-state index is -0.0725. The number of benzene rings is 4. The second kappa shape index (κ2) is 14.2. The summed E-state index contributed by atoms with van der Waals surface area (Å²) >= 11 is 0. The fourth-order valence-electron chi connectivity index (χ4n) is 4.32. The van der Waals surface area contributed by atoms with Crippen molar-refractivity contribution in [1.29, 1.82) is 0 Å². The number of hydrogen-bond donors (Lipinski definition) is 4. The predicted octanol–water partition coefficient (Wildman–Crippen LogP) is 5.31. The molecule has 1 unspecified atom stereocenters. The molecule has 0 heterocycles. The summed E-state index contributed by atoms with van der Waals surface area (Å²) < 4.78 is 6.80. The van der Waals surface area contributed by atoms with E-state index in [1.165, 1.54) is 22.3 Å². The molecule has 0 aromatic heterocycles. The fraction of sp³-hybridized carbons (Fsp3) is 0.250. The van der Waals surface area contributed by atoms with Crippen LogP contribution in [0, 0.1) is 0 Å². The lowest BCUT2D eigenvalue weighted by atomic mass is 10.1. The van der Waals surface area contributed by atoms with Crippen LogP contribution in [-0.4, -0.2) is 26.2 Å². The minimum Gasteiger partial charge on any atom is -0.399 e.